The first kappa shape index (κ1) is 20.3. The molecule has 1 aliphatic heterocycles. The lowest BCUT2D eigenvalue weighted by molar-refractivity contribution is -0.132. The van der Waals surface area contributed by atoms with Gasteiger partial charge in [-0.05, 0) is 23.5 Å². The number of methoxy groups -OCH3 is 1. The van der Waals surface area contributed by atoms with Crippen LogP contribution in [0.25, 0.3) is 0 Å². The Morgan fingerprint density at radius 2 is 1.92 bits per heavy atom. The van der Waals surface area contributed by atoms with Crippen molar-refractivity contribution in [2.24, 2.45) is 11.3 Å². The molecule has 0 bridgehead atoms. The molecular formula is C21H32N2O3. The lowest BCUT2D eigenvalue weighted by Gasteiger charge is -2.23. The minimum Gasteiger partial charge on any atom is -0.496 e. The normalized spacial score (nSPS) is 20.1. The summed E-state index contributed by atoms with van der Waals surface area (Å²) in [5.41, 5.74) is 0.928. The maximum absolute atomic E-state index is 12.8. The Bertz CT molecular complexity index is 636. The number of nitrogens with one attached hydrogen (secondary N) is 1. The topological polar surface area (TPSA) is 58.6 Å². The first-order valence-electron chi connectivity index (χ1n) is 9.45. The SMILES string of the molecule is CCCNC(=O)C1CN(C(=O)CC(C)(C)C)CC1c1ccccc1OC. The van der Waals surface area contributed by atoms with Gasteiger partial charge in [0.1, 0.15) is 5.75 Å². The van der Waals surface area contributed by atoms with Gasteiger partial charge < -0.3 is 15.0 Å². The van der Waals surface area contributed by atoms with Gasteiger partial charge in [0, 0.05) is 32.0 Å². The van der Waals surface area contributed by atoms with Crippen molar-refractivity contribution in [3.05, 3.63) is 29.8 Å². The highest BCUT2D eigenvalue weighted by molar-refractivity contribution is 5.83. The van der Waals surface area contributed by atoms with Crippen molar-refractivity contribution in [2.45, 2.75) is 46.5 Å². The Hall–Kier alpha value is -2.04. The molecule has 2 unspecified atom stereocenters. The van der Waals surface area contributed by atoms with Crippen LogP contribution in [0.2, 0.25) is 0 Å². The van der Waals surface area contributed by atoms with Gasteiger partial charge in [-0.15, -0.1) is 0 Å². The molecule has 1 heterocycles. The van der Waals surface area contributed by atoms with E-state index in [0.717, 1.165) is 17.7 Å². The third-order valence-corrected chi connectivity index (χ3v) is 4.78. The standard InChI is InChI=1S/C21H32N2O3/c1-6-11-22-20(25)17-14-23(19(24)12-21(2,3)4)13-16(17)15-9-7-8-10-18(15)26-5/h7-10,16-17H,6,11-14H2,1-5H3,(H,22,25). The minimum absolute atomic E-state index is 0.0221. The summed E-state index contributed by atoms with van der Waals surface area (Å²) in [7, 11) is 1.64. The van der Waals surface area contributed by atoms with Gasteiger partial charge in [0.05, 0.1) is 13.0 Å². The van der Waals surface area contributed by atoms with E-state index in [-0.39, 0.29) is 29.1 Å². The number of carbonyl (C=O) groups excluding carboxylic acids is 2. The highest BCUT2D eigenvalue weighted by Gasteiger charge is 2.41. The average molecular weight is 360 g/mol. The molecule has 0 saturated carbocycles. The molecule has 1 saturated heterocycles. The Morgan fingerprint density at radius 3 is 2.54 bits per heavy atom. The van der Waals surface area contributed by atoms with Crippen molar-refractivity contribution in [2.75, 3.05) is 26.7 Å². The van der Waals surface area contributed by atoms with Gasteiger partial charge >= 0.3 is 0 Å². The zero-order valence-corrected chi connectivity index (χ0v) is 16.7. The quantitative estimate of drug-likeness (QED) is 0.847. The first-order valence-corrected chi connectivity index (χ1v) is 9.45. The molecule has 1 fully saturated rings. The van der Waals surface area contributed by atoms with E-state index in [1.54, 1.807) is 7.11 Å². The summed E-state index contributed by atoms with van der Waals surface area (Å²) in [5.74, 6) is 0.613. The second-order valence-corrected chi connectivity index (χ2v) is 8.28. The summed E-state index contributed by atoms with van der Waals surface area (Å²) in [6, 6.07) is 7.79. The zero-order valence-electron chi connectivity index (χ0n) is 16.7. The van der Waals surface area contributed by atoms with E-state index in [1.807, 2.05) is 36.1 Å². The van der Waals surface area contributed by atoms with E-state index < -0.39 is 0 Å². The molecule has 2 rings (SSSR count). The van der Waals surface area contributed by atoms with E-state index in [1.165, 1.54) is 0 Å². The van der Waals surface area contributed by atoms with Crippen LogP contribution in [0, 0.1) is 11.3 Å². The number of carbonyl (C=O) groups is 2. The molecule has 0 aliphatic carbocycles. The van der Waals surface area contributed by atoms with Crippen molar-refractivity contribution in [1.29, 1.82) is 0 Å². The molecule has 0 radical (unpaired) electrons. The van der Waals surface area contributed by atoms with Crippen molar-refractivity contribution in [3.63, 3.8) is 0 Å². The van der Waals surface area contributed by atoms with E-state index in [9.17, 15) is 9.59 Å². The number of amides is 2. The largest absolute Gasteiger partial charge is 0.496 e. The minimum atomic E-state index is -0.248. The highest BCUT2D eigenvalue weighted by atomic mass is 16.5. The number of rotatable bonds is 6. The van der Waals surface area contributed by atoms with Crippen LogP contribution in [0.15, 0.2) is 24.3 Å². The van der Waals surface area contributed by atoms with E-state index >= 15 is 0 Å². The van der Waals surface area contributed by atoms with Gasteiger partial charge in [-0.3, -0.25) is 9.59 Å². The number of benzene rings is 1. The molecule has 1 aromatic rings. The number of likely N-dealkylation sites (tertiary alicyclic amines) is 1. The molecule has 2 amide bonds. The smallest absolute Gasteiger partial charge is 0.225 e. The fourth-order valence-corrected chi connectivity index (χ4v) is 3.51. The third-order valence-electron chi connectivity index (χ3n) is 4.78. The molecule has 26 heavy (non-hydrogen) atoms. The second kappa shape index (κ2) is 8.56. The molecule has 0 aromatic heterocycles. The molecule has 144 valence electrons. The monoisotopic (exact) mass is 360 g/mol. The van der Waals surface area contributed by atoms with Crippen LogP contribution in [0.4, 0.5) is 0 Å². The lowest BCUT2D eigenvalue weighted by atomic mass is 9.87. The summed E-state index contributed by atoms with van der Waals surface area (Å²) in [5, 5.41) is 3.00. The molecule has 1 aliphatic rings. The summed E-state index contributed by atoms with van der Waals surface area (Å²) in [4.78, 5) is 27.3. The van der Waals surface area contributed by atoms with Gasteiger partial charge in [-0.25, -0.2) is 0 Å². The summed E-state index contributed by atoms with van der Waals surface area (Å²) in [6.07, 6.45) is 1.37. The lowest BCUT2D eigenvalue weighted by Crippen LogP contribution is -2.36. The first-order chi connectivity index (χ1) is 12.3. The molecule has 5 nitrogen and oxygen atoms in total. The Labute approximate surface area is 157 Å². The van der Waals surface area contributed by atoms with Crippen molar-refractivity contribution < 1.29 is 14.3 Å². The van der Waals surface area contributed by atoms with Gasteiger partial charge in [0.15, 0.2) is 0 Å². The third kappa shape index (κ3) is 4.99. The van der Waals surface area contributed by atoms with Crippen molar-refractivity contribution >= 4 is 11.8 Å². The molecule has 1 aromatic carbocycles. The van der Waals surface area contributed by atoms with Crippen molar-refractivity contribution in [3.8, 4) is 5.75 Å². The van der Waals surface area contributed by atoms with Gasteiger partial charge in [0.25, 0.3) is 0 Å². The number of ether oxygens (including phenoxy) is 1. The number of hydrogen-bond acceptors (Lipinski definition) is 3. The van der Waals surface area contributed by atoms with Crippen LogP contribution in [0.1, 0.15) is 52.0 Å². The summed E-state index contributed by atoms with van der Waals surface area (Å²) < 4.78 is 5.51. The number of hydrogen-bond donors (Lipinski definition) is 1. The van der Waals surface area contributed by atoms with Gasteiger partial charge in [0.2, 0.25) is 11.8 Å². The van der Waals surface area contributed by atoms with Crippen LogP contribution >= 0.6 is 0 Å². The Kier molecular flexibility index (Phi) is 6.68. The Balaban J connectivity index is 2.27. The van der Waals surface area contributed by atoms with E-state index in [4.69, 9.17) is 4.74 Å². The van der Waals surface area contributed by atoms with Crippen LogP contribution in [0.3, 0.4) is 0 Å². The van der Waals surface area contributed by atoms with E-state index in [2.05, 4.69) is 26.1 Å². The van der Waals surface area contributed by atoms with E-state index in [0.29, 0.717) is 26.1 Å². The van der Waals surface area contributed by atoms with Crippen LogP contribution in [0.5, 0.6) is 5.75 Å². The second-order valence-electron chi connectivity index (χ2n) is 8.28. The Morgan fingerprint density at radius 1 is 1.23 bits per heavy atom. The number of nitrogens with zero attached hydrogens (tertiary/aromatic N) is 1. The number of para-hydroxylation sites is 1. The predicted molar refractivity (Wildman–Crippen MR) is 103 cm³/mol. The molecule has 5 heteroatoms. The maximum Gasteiger partial charge on any atom is 0.225 e. The fraction of sp³-hybridized carbons (Fsp3) is 0.619. The highest BCUT2D eigenvalue weighted by Crippen LogP contribution is 2.38. The molecule has 0 spiro atoms. The summed E-state index contributed by atoms with van der Waals surface area (Å²) in [6.45, 7) is 9.89. The van der Waals surface area contributed by atoms with Crippen LogP contribution < -0.4 is 10.1 Å². The predicted octanol–water partition coefficient (Wildman–Crippen LogP) is 3.20. The fourth-order valence-electron chi connectivity index (χ4n) is 3.51. The maximum atomic E-state index is 12.8. The molecule has 2 atom stereocenters. The van der Waals surface area contributed by atoms with Crippen LogP contribution in [-0.4, -0.2) is 43.5 Å². The van der Waals surface area contributed by atoms with Gasteiger partial charge in [-0.2, -0.15) is 0 Å². The molecule has 1 N–H and O–H groups in total. The van der Waals surface area contributed by atoms with Crippen LogP contribution in [-0.2, 0) is 9.59 Å². The van der Waals surface area contributed by atoms with Gasteiger partial charge in [-0.1, -0.05) is 45.9 Å². The molecular weight excluding hydrogens is 328 g/mol. The zero-order chi connectivity index (χ0) is 19.3. The summed E-state index contributed by atoms with van der Waals surface area (Å²) >= 11 is 0. The van der Waals surface area contributed by atoms with Crippen molar-refractivity contribution in [1.82, 2.24) is 10.2 Å². The average Bonchev–Trinajstić information content (AvgIpc) is 3.03.